The average Bonchev–Trinajstić information content (AvgIpc) is 2.64. The van der Waals surface area contributed by atoms with Gasteiger partial charge in [0.15, 0.2) is 0 Å². The van der Waals surface area contributed by atoms with Gasteiger partial charge in [0.2, 0.25) is 5.91 Å². The Morgan fingerprint density at radius 3 is 1.89 bits per heavy atom. The summed E-state index contributed by atoms with van der Waals surface area (Å²) in [6, 6.07) is 14.1. The van der Waals surface area contributed by atoms with Crippen LogP contribution < -0.4 is 0 Å². The van der Waals surface area contributed by atoms with E-state index in [1.807, 2.05) is 36.1 Å². The summed E-state index contributed by atoms with van der Waals surface area (Å²) in [7, 11) is 0. The highest BCUT2D eigenvalue weighted by atomic mass is 35.5. The Bertz CT molecular complexity index is 920. The molecule has 1 heterocycles. The first kappa shape index (κ1) is 20.4. The van der Waals surface area contributed by atoms with Crippen LogP contribution >= 0.6 is 23.2 Å². The number of amides is 1. The van der Waals surface area contributed by atoms with Crippen LogP contribution in [-0.4, -0.2) is 16.8 Å². The van der Waals surface area contributed by atoms with Gasteiger partial charge in [0.05, 0.1) is 12.1 Å². The quantitative estimate of drug-likeness (QED) is 0.586. The van der Waals surface area contributed by atoms with Gasteiger partial charge in [-0.1, -0.05) is 47.5 Å². The number of nitrogens with zero attached hydrogens (tertiary/aromatic N) is 1. The van der Waals surface area contributed by atoms with Crippen LogP contribution in [0.4, 0.5) is 0 Å². The second kappa shape index (κ2) is 8.38. The van der Waals surface area contributed by atoms with E-state index in [0.29, 0.717) is 22.2 Å². The smallest absolute Gasteiger partial charge is 0.307 e. The first-order chi connectivity index (χ1) is 13.3. The number of esters is 1. The zero-order chi connectivity index (χ0) is 20.4. The normalized spacial score (nSPS) is 19.5. The molecule has 1 amide bonds. The van der Waals surface area contributed by atoms with Crippen molar-refractivity contribution in [1.82, 2.24) is 4.90 Å². The molecule has 0 saturated heterocycles. The van der Waals surface area contributed by atoms with Gasteiger partial charge in [0.1, 0.15) is 5.76 Å². The zero-order valence-corrected chi connectivity index (χ0v) is 17.4. The van der Waals surface area contributed by atoms with Crippen molar-refractivity contribution in [3.05, 3.63) is 81.0 Å². The molecule has 0 saturated carbocycles. The van der Waals surface area contributed by atoms with Crippen LogP contribution in [0, 0.1) is 0 Å². The summed E-state index contributed by atoms with van der Waals surface area (Å²) in [5.74, 6) is 0.140. The Labute approximate surface area is 174 Å². The minimum atomic E-state index is -0.379. The van der Waals surface area contributed by atoms with E-state index >= 15 is 0 Å². The van der Waals surface area contributed by atoms with Gasteiger partial charge in [-0.25, -0.2) is 0 Å². The van der Waals surface area contributed by atoms with Crippen LogP contribution in [0.2, 0.25) is 10.0 Å². The Morgan fingerprint density at radius 1 is 0.929 bits per heavy atom. The molecule has 1 aliphatic rings. The SMILES string of the molecule is CC(=O)OC1=C(C)[C@H](c2ccc(Cl)cc2)N(C(C)=O)[C@H](c2ccc(Cl)cc2)C1. The van der Waals surface area contributed by atoms with E-state index < -0.39 is 0 Å². The molecule has 2 atom stereocenters. The van der Waals surface area contributed by atoms with E-state index in [-0.39, 0.29) is 24.0 Å². The standard InChI is InChI=1S/C22H21Cl2NO3/c1-13-21(28-15(3)27)12-20(16-4-8-18(23)9-5-16)25(14(2)26)22(13)17-6-10-19(24)11-7-17/h4-11,20,22H,12H2,1-3H3/t20-,22+/m0/s1. The molecule has 0 aromatic heterocycles. The molecule has 0 unspecified atom stereocenters. The van der Waals surface area contributed by atoms with Crippen molar-refractivity contribution in [3.63, 3.8) is 0 Å². The minimum absolute atomic E-state index is 0.0684. The molecule has 0 spiro atoms. The molecule has 146 valence electrons. The van der Waals surface area contributed by atoms with Crippen LogP contribution in [0.25, 0.3) is 0 Å². The minimum Gasteiger partial charge on any atom is -0.431 e. The number of carbonyl (C=O) groups is 2. The molecule has 0 bridgehead atoms. The van der Waals surface area contributed by atoms with Crippen LogP contribution in [0.15, 0.2) is 59.9 Å². The summed E-state index contributed by atoms with van der Waals surface area (Å²) < 4.78 is 5.53. The summed E-state index contributed by atoms with van der Waals surface area (Å²) in [6.07, 6.45) is 0.413. The fourth-order valence-electron chi connectivity index (χ4n) is 3.69. The van der Waals surface area contributed by atoms with E-state index in [2.05, 4.69) is 0 Å². The van der Waals surface area contributed by atoms with E-state index in [0.717, 1.165) is 16.7 Å². The lowest BCUT2D eigenvalue weighted by atomic mass is 9.86. The van der Waals surface area contributed by atoms with E-state index in [1.165, 1.54) is 6.92 Å². The molecular weight excluding hydrogens is 397 g/mol. The highest BCUT2D eigenvalue weighted by Crippen LogP contribution is 2.45. The van der Waals surface area contributed by atoms with Crippen LogP contribution in [0.5, 0.6) is 0 Å². The number of ether oxygens (including phenoxy) is 1. The molecule has 2 aromatic rings. The Morgan fingerprint density at radius 2 is 1.43 bits per heavy atom. The molecule has 0 aliphatic carbocycles. The Hall–Kier alpha value is -2.30. The lowest BCUT2D eigenvalue weighted by molar-refractivity contribution is -0.139. The number of rotatable bonds is 3. The van der Waals surface area contributed by atoms with Crippen LogP contribution in [0.1, 0.15) is 50.4 Å². The molecular formula is C22H21Cl2NO3. The van der Waals surface area contributed by atoms with E-state index in [4.69, 9.17) is 27.9 Å². The van der Waals surface area contributed by atoms with Crippen LogP contribution in [-0.2, 0) is 14.3 Å². The summed E-state index contributed by atoms with van der Waals surface area (Å²) in [6.45, 7) is 4.83. The molecule has 6 heteroatoms. The van der Waals surface area contributed by atoms with Crippen molar-refractivity contribution >= 4 is 35.1 Å². The maximum absolute atomic E-state index is 12.7. The molecule has 4 nitrogen and oxygen atoms in total. The van der Waals surface area contributed by atoms with Crippen LogP contribution in [0.3, 0.4) is 0 Å². The van der Waals surface area contributed by atoms with Gasteiger partial charge in [-0.2, -0.15) is 0 Å². The lowest BCUT2D eigenvalue weighted by Crippen LogP contribution is -2.41. The largest absolute Gasteiger partial charge is 0.431 e. The molecule has 0 fully saturated rings. The lowest BCUT2D eigenvalue weighted by Gasteiger charge is -2.43. The third-order valence-corrected chi connectivity index (χ3v) is 5.42. The number of carbonyl (C=O) groups excluding carboxylic acids is 2. The van der Waals surface area contributed by atoms with E-state index in [1.54, 1.807) is 31.2 Å². The van der Waals surface area contributed by atoms with Gasteiger partial charge in [-0.05, 0) is 47.9 Å². The summed E-state index contributed by atoms with van der Waals surface area (Å²) in [5.41, 5.74) is 2.66. The van der Waals surface area contributed by atoms with Gasteiger partial charge in [-0.3, -0.25) is 9.59 Å². The molecule has 3 rings (SSSR count). The number of hydrogen-bond donors (Lipinski definition) is 0. The maximum atomic E-state index is 12.7. The molecule has 0 N–H and O–H groups in total. The summed E-state index contributed by atoms with van der Waals surface area (Å²) >= 11 is 12.1. The molecule has 28 heavy (non-hydrogen) atoms. The number of hydrogen-bond acceptors (Lipinski definition) is 3. The van der Waals surface area contributed by atoms with Gasteiger partial charge in [-0.15, -0.1) is 0 Å². The Kier molecular flexibility index (Phi) is 6.11. The fraction of sp³-hybridized carbons (Fsp3) is 0.273. The first-order valence-corrected chi connectivity index (χ1v) is 9.71. The van der Waals surface area contributed by atoms with Crippen molar-refractivity contribution in [2.75, 3.05) is 0 Å². The second-order valence-electron chi connectivity index (χ2n) is 6.85. The van der Waals surface area contributed by atoms with E-state index in [9.17, 15) is 9.59 Å². The highest BCUT2D eigenvalue weighted by molar-refractivity contribution is 6.30. The van der Waals surface area contributed by atoms with Crippen molar-refractivity contribution in [3.8, 4) is 0 Å². The van der Waals surface area contributed by atoms with Gasteiger partial charge >= 0.3 is 5.97 Å². The third kappa shape index (κ3) is 4.23. The fourth-order valence-corrected chi connectivity index (χ4v) is 3.94. The first-order valence-electron chi connectivity index (χ1n) is 8.96. The number of benzene rings is 2. The second-order valence-corrected chi connectivity index (χ2v) is 7.72. The predicted molar refractivity (Wildman–Crippen MR) is 110 cm³/mol. The topological polar surface area (TPSA) is 46.6 Å². The van der Waals surface area contributed by atoms with Crippen molar-refractivity contribution < 1.29 is 14.3 Å². The highest BCUT2D eigenvalue weighted by Gasteiger charge is 2.39. The predicted octanol–water partition coefficient (Wildman–Crippen LogP) is 5.87. The van der Waals surface area contributed by atoms with Gasteiger partial charge in [0.25, 0.3) is 0 Å². The van der Waals surface area contributed by atoms with Crippen molar-refractivity contribution in [1.29, 1.82) is 0 Å². The van der Waals surface area contributed by atoms with Crippen molar-refractivity contribution in [2.45, 2.75) is 39.3 Å². The zero-order valence-electron chi connectivity index (χ0n) is 15.9. The monoisotopic (exact) mass is 417 g/mol. The van der Waals surface area contributed by atoms with Crippen molar-refractivity contribution in [2.24, 2.45) is 0 Å². The molecule has 2 aromatic carbocycles. The van der Waals surface area contributed by atoms with Gasteiger partial charge in [0, 0.05) is 30.3 Å². The summed E-state index contributed by atoms with van der Waals surface area (Å²) in [5, 5.41) is 1.24. The Balaban J connectivity index is 2.16. The van der Waals surface area contributed by atoms with Gasteiger partial charge < -0.3 is 9.64 Å². The molecule has 0 radical (unpaired) electrons. The molecule has 1 aliphatic heterocycles. The maximum Gasteiger partial charge on any atom is 0.307 e. The summed E-state index contributed by atoms with van der Waals surface area (Å²) in [4.78, 5) is 26.2. The average molecular weight is 418 g/mol. The third-order valence-electron chi connectivity index (χ3n) is 4.91. The number of halogens is 2.